The molecule has 0 radical (unpaired) electrons. The number of amides is 1. The molecule has 4 nitrogen and oxygen atoms in total. The maximum absolute atomic E-state index is 12.4. The molecule has 1 aliphatic heterocycles. The highest BCUT2D eigenvalue weighted by Crippen LogP contribution is 2.62. The van der Waals surface area contributed by atoms with Gasteiger partial charge in [0, 0.05) is 27.8 Å². The molecule has 4 fully saturated rings. The van der Waals surface area contributed by atoms with Gasteiger partial charge in [0.1, 0.15) is 5.92 Å². The van der Waals surface area contributed by atoms with Crippen LogP contribution in [-0.2, 0) is 4.79 Å². The molecule has 1 aromatic rings. The van der Waals surface area contributed by atoms with E-state index in [9.17, 15) is 10.1 Å². The number of carbonyl (C=O) groups excluding carboxylic acids is 1. The van der Waals surface area contributed by atoms with E-state index in [1.54, 1.807) is 0 Å². The largest absolute Gasteiger partial charge is 0.399 e. The van der Waals surface area contributed by atoms with Crippen molar-refractivity contribution in [3.8, 4) is 6.07 Å². The van der Waals surface area contributed by atoms with Crippen LogP contribution in [0.4, 0.5) is 5.69 Å². The third-order valence-electron chi connectivity index (χ3n) is 7.45. The lowest BCUT2D eigenvalue weighted by Crippen LogP contribution is -2.45. The van der Waals surface area contributed by atoms with E-state index in [1.807, 2.05) is 23.9 Å². The number of benzene rings is 1. The molecule has 26 heavy (non-hydrogen) atoms. The van der Waals surface area contributed by atoms with Gasteiger partial charge in [-0.3, -0.25) is 4.79 Å². The van der Waals surface area contributed by atoms with Crippen LogP contribution in [0.2, 0.25) is 0 Å². The molecule has 8 unspecified atom stereocenters. The zero-order valence-corrected chi connectivity index (χ0v) is 15.6. The Bertz CT molecular complexity index is 758. The minimum Gasteiger partial charge on any atom is -0.399 e. The predicted octanol–water partition coefficient (Wildman–Crippen LogP) is 3.44. The molecule has 0 spiro atoms. The Labute approximate surface area is 158 Å². The van der Waals surface area contributed by atoms with Crippen LogP contribution in [0.25, 0.3) is 0 Å². The van der Waals surface area contributed by atoms with Gasteiger partial charge in [0.2, 0.25) is 5.91 Å². The summed E-state index contributed by atoms with van der Waals surface area (Å²) in [5.41, 5.74) is 6.63. The summed E-state index contributed by atoms with van der Waals surface area (Å²) < 4.78 is 0. The Hall–Kier alpha value is -1.67. The number of carbonyl (C=O) groups is 1. The number of nitrogens with two attached hydrogens (primary N) is 1. The fraction of sp³-hybridized carbons (Fsp3) is 0.619. The second-order valence-corrected chi connectivity index (χ2v) is 9.84. The van der Waals surface area contributed by atoms with E-state index in [-0.39, 0.29) is 17.9 Å². The quantitative estimate of drug-likeness (QED) is 0.785. The van der Waals surface area contributed by atoms with Crippen LogP contribution >= 0.6 is 11.8 Å². The molecule has 1 amide bonds. The summed E-state index contributed by atoms with van der Waals surface area (Å²) in [4.78, 5) is 13.7. The van der Waals surface area contributed by atoms with E-state index in [1.165, 1.54) is 37.0 Å². The average Bonchev–Trinajstić information content (AvgIpc) is 3.14. The van der Waals surface area contributed by atoms with Crippen molar-refractivity contribution in [3.05, 3.63) is 24.3 Å². The Kier molecular flexibility index (Phi) is 3.93. The second kappa shape index (κ2) is 6.20. The van der Waals surface area contributed by atoms with Crippen LogP contribution in [0, 0.1) is 46.8 Å². The van der Waals surface area contributed by atoms with Crippen molar-refractivity contribution in [2.45, 2.75) is 48.3 Å². The van der Waals surface area contributed by atoms with Crippen molar-refractivity contribution in [3.63, 3.8) is 0 Å². The molecule has 5 rings (SSSR count). The monoisotopic (exact) mass is 367 g/mol. The smallest absolute Gasteiger partial charge is 0.237 e. The number of hydrogen-bond donors (Lipinski definition) is 2. The normalized spacial score (nSPS) is 43.3. The standard InChI is InChI=1S/C21H25N3OS/c22-10-15-18-14-3-1-2-11-4-9-16(26-13-7-5-12(23)6-8-13)19(17(11)14)20(18)24-21(15)25/h5-8,11,14-20H,1-4,9,23H2,(H,24,25). The van der Waals surface area contributed by atoms with Gasteiger partial charge in [-0.1, -0.05) is 12.8 Å². The van der Waals surface area contributed by atoms with E-state index in [0.717, 1.165) is 11.6 Å². The predicted molar refractivity (Wildman–Crippen MR) is 102 cm³/mol. The Morgan fingerprint density at radius 3 is 2.65 bits per heavy atom. The fourth-order valence-corrected chi connectivity index (χ4v) is 8.03. The molecule has 0 aromatic heterocycles. The van der Waals surface area contributed by atoms with Crippen molar-refractivity contribution in [1.29, 1.82) is 5.26 Å². The lowest BCUT2D eigenvalue weighted by Gasteiger charge is -2.45. The minimum absolute atomic E-state index is 0.0233. The molecule has 8 atom stereocenters. The molecule has 1 saturated heterocycles. The summed E-state index contributed by atoms with van der Waals surface area (Å²) in [6.45, 7) is 0. The van der Waals surface area contributed by atoms with Crippen LogP contribution in [0.15, 0.2) is 29.2 Å². The van der Waals surface area contributed by atoms with Gasteiger partial charge in [-0.15, -0.1) is 11.8 Å². The first-order valence-corrected chi connectivity index (χ1v) is 10.8. The molecule has 3 saturated carbocycles. The highest BCUT2D eigenvalue weighted by molar-refractivity contribution is 8.00. The van der Waals surface area contributed by atoms with E-state index in [4.69, 9.17) is 5.73 Å². The summed E-state index contributed by atoms with van der Waals surface area (Å²) in [5, 5.41) is 13.4. The van der Waals surface area contributed by atoms with E-state index in [2.05, 4.69) is 23.5 Å². The topological polar surface area (TPSA) is 78.9 Å². The molecular weight excluding hydrogens is 342 g/mol. The van der Waals surface area contributed by atoms with E-state index >= 15 is 0 Å². The van der Waals surface area contributed by atoms with Crippen molar-refractivity contribution < 1.29 is 4.79 Å². The van der Waals surface area contributed by atoms with Crippen LogP contribution in [0.5, 0.6) is 0 Å². The number of nitriles is 1. The van der Waals surface area contributed by atoms with E-state index < -0.39 is 5.92 Å². The lowest BCUT2D eigenvalue weighted by atomic mass is 9.63. The molecule has 3 aliphatic carbocycles. The SMILES string of the molecule is N#CC1C(=O)NC2C1C1CCCC3CCC(Sc4ccc(N)cc4)C2C31. The van der Waals surface area contributed by atoms with Crippen LogP contribution in [-0.4, -0.2) is 17.2 Å². The third-order valence-corrected chi connectivity index (χ3v) is 8.85. The van der Waals surface area contributed by atoms with Gasteiger partial charge in [-0.2, -0.15) is 5.26 Å². The fourth-order valence-electron chi connectivity index (χ4n) is 6.63. The molecule has 5 heteroatoms. The first kappa shape index (κ1) is 16.5. The molecule has 4 aliphatic rings. The Balaban J connectivity index is 1.47. The van der Waals surface area contributed by atoms with Crippen LogP contribution in [0.3, 0.4) is 0 Å². The number of hydrogen-bond acceptors (Lipinski definition) is 4. The minimum atomic E-state index is -0.434. The highest BCUT2D eigenvalue weighted by atomic mass is 32.2. The van der Waals surface area contributed by atoms with Gasteiger partial charge < -0.3 is 11.1 Å². The number of nitrogens with zero attached hydrogens (tertiary/aromatic N) is 1. The molecule has 1 aromatic carbocycles. The molecule has 0 bridgehead atoms. The zero-order valence-electron chi connectivity index (χ0n) is 14.8. The maximum atomic E-state index is 12.4. The Morgan fingerprint density at radius 1 is 1.08 bits per heavy atom. The van der Waals surface area contributed by atoms with Gasteiger partial charge in [0.05, 0.1) is 6.07 Å². The average molecular weight is 368 g/mol. The van der Waals surface area contributed by atoms with Gasteiger partial charge in [0.25, 0.3) is 0 Å². The summed E-state index contributed by atoms with van der Waals surface area (Å²) in [7, 11) is 0. The number of thioether (sulfide) groups is 1. The third kappa shape index (κ3) is 2.38. The highest BCUT2D eigenvalue weighted by Gasteiger charge is 2.63. The molecule has 3 N–H and O–H groups in total. The second-order valence-electron chi connectivity index (χ2n) is 8.53. The summed E-state index contributed by atoms with van der Waals surface area (Å²) in [6, 6.07) is 10.7. The van der Waals surface area contributed by atoms with Crippen molar-refractivity contribution >= 4 is 23.4 Å². The number of rotatable bonds is 2. The molecule has 136 valence electrons. The number of fused-ring (bicyclic) bond motifs is 3. The van der Waals surface area contributed by atoms with Gasteiger partial charge >= 0.3 is 0 Å². The molecular formula is C21H25N3OS. The summed E-state index contributed by atoms with van der Waals surface area (Å²) in [6.07, 6.45) is 6.31. The summed E-state index contributed by atoms with van der Waals surface area (Å²) >= 11 is 1.96. The zero-order chi connectivity index (χ0) is 17.8. The first-order chi connectivity index (χ1) is 12.7. The number of nitrogen functional groups attached to an aromatic ring is 1. The number of nitrogens with one attached hydrogen (secondary N) is 1. The maximum Gasteiger partial charge on any atom is 0.237 e. The van der Waals surface area contributed by atoms with E-state index in [0.29, 0.717) is 23.0 Å². The Morgan fingerprint density at radius 2 is 1.88 bits per heavy atom. The van der Waals surface area contributed by atoms with Crippen LogP contribution < -0.4 is 11.1 Å². The van der Waals surface area contributed by atoms with Crippen molar-refractivity contribution in [1.82, 2.24) is 5.32 Å². The van der Waals surface area contributed by atoms with Gasteiger partial charge in [-0.25, -0.2) is 0 Å². The lowest BCUT2D eigenvalue weighted by molar-refractivity contribution is -0.122. The van der Waals surface area contributed by atoms with Crippen molar-refractivity contribution in [2.24, 2.45) is 35.5 Å². The molecule has 1 heterocycles. The first-order valence-electron chi connectivity index (χ1n) is 9.89. The van der Waals surface area contributed by atoms with Gasteiger partial charge in [-0.05, 0) is 67.2 Å². The number of anilines is 1. The summed E-state index contributed by atoms with van der Waals surface area (Å²) in [5.74, 6) is 2.33. The van der Waals surface area contributed by atoms with Crippen molar-refractivity contribution in [2.75, 3.05) is 5.73 Å². The van der Waals surface area contributed by atoms with Crippen LogP contribution in [0.1, 0.15) is 32.1 Å². The van der Waals surface area contributed by atoms with Gasteiger partial charge in [0.15, 0.2) is 0 Å².